The van der Waals surface area contributed by atoms with Crippen molar-refractivity contribution in [1.29, 1.82) is 0 Å². The summed E-state index contributed by atoms with van der Waals surface area (Å²) in [5, 5.41) is 5.30. The van der Waals surface area contributed by atoms with E-state index in [-0.39, 0.29) is 24.8 Å². The molecular formula is C37H34Cl2HfSi. The van der Waals surface area contributed by atoms with Crippen molar-refractivity contribution in [1.82, 2.24) is 0 Å². The van der Waals surface area contributed by atoms with Gasteiger partial charge in [-0.05, 0) is 0 Å². The van der Waals surface area contributed by atoms with Gasteiger partial charge in [0.25, 0.3) is 0 Å². The number of benzene rings is 5. The summed E-state index contributed by atoms with van der Waals surface area (Å²) in [6.07, 6.45) is 12.2. The Morgan fingerprint density at radius 3 is 1.41 bits per heavy atom. The molecule has 0 saturated heterocycles. The Kier molecular flexibility index (Phi) is 8.34. The average Bonchev–Trinajstić information content (AvgIpc) is 3.69. The van der Waals surface area contributed by atoms with Crippen molar-refractivity contribution in [3.63, 3.8) is 0 Å². The van der Waals surface area contributed by atoms with E-state index in [0.29, 0.717) is 0 Å². The topological polar surface area (TPSA) is 0 Å². The molecule has 0 bridgehead atoms. The summed E-state index contributed by atoms with van der Waals surface area (Å²) in [4.78, 5) is 0. The summed E-state index contributed by atoms with van der Waals surface area (Å²) < 4.78 is 7.62. The van der Waals surface area contributed by atoms with Gasteiger partial charge in [0.2, 0.25) is 0 Å². The van der Waals surface area contributed by atoms with E-state index in [0.717, 1.165) is 12.8 Å². The van der Waals surface area contributed by atoms with Crippen molar-refractivity contribution >= 4 is 67.8 Å². The van der Waals surface area contributed by atoms with Gasteiger partial charge in [-0.2, -0.15) is 0 Å². The van der Waals surface area contributed by atoms with Gasteiger partial charge in [0.1, 0.15) is 0 Å². The molecule has 0 amide bonds. The van der Waals surface area contributed by atoms with Crippen molar-refractivity contribution in [3.8, 4) is 0 Å². The molecule has 0 nitrogen and oxygen atoms in total. The van der Waals surface area contributed by atoms with Crippen molar-refractivity contribution in [2.45, 2.75) is 17.5 Å². The minimum absolute atomic E-state index is 0. The van der Waals surface area contributed by atoms with Crippen LogP contribution in [-0.2, 0) is 17.1 Å². The van der Waals surface area contributed by atoms with Crippen LogP contribution in [0, 0.1) is 0 Å². The van der Waals surface area contributed by atoms with Gasteiger partial charge < -0.3 is 0 Å². The van der Waals surface area contributed by atoms with Gasteiger partial charge >= 0.3 is 235 Å². The fourth-order valence-corrected chi connectivity index (χ4v) is 29.5. The number of allylic oxidation sites excluding steroid dienone is 8. The summed E-state index contributed by atoms with van der Waals surface area (Å²) >= 11 is -3.95. The molecule has 2 aliphatic rings. The Bertz CT molecular complexity index is 1850. The van der Waals surface area contributed by atoms with Gasteiger partial charge in [-0.3, -0.25) is 0 Å². The summed E-state index contributed by atoms with van der Waals surface area (Å²) in [6.45, 7) is 2.37. The first-order valence-corrected chi connectivity index (χ1v) is 31.2. The molecule has 7 rings (SSSR count). The Labute approximate surface area is 257 Å². The molecule has 0 heterocycles. The number of hydrogen-bond donors (Lipinski definition) is 0. The quantitative estimate of drug-likeness (QED) is 0.157. The Hall–Kier alpha value is -2.75. The molecule has 41 heavy (non-hydrogen) atoms. The number of rotatable bonds is 5. The van der Waals surface area contributed by atoms with E-state index in [9.17, 15) is 0 Å². The van der Waals surface area contributed by atoms with Crippen LogP contribution in [0.3, 0.4) is 0 Å². The molecule has 0 atom stereocenters. The Morgan fingerprint density at radius 2 is 0.927 bits per heavy atom. The Morgan fingerprint density at radius 1 is 0.512 bits per heavy atom. The van der Waals surface area contributed by atoms with E-state index in [4.69, 9.17) is 0 Å². The van der Waals surface area contributed by atoms with Gasteiger partial charge in [0, 0.05) is 0 Å². The molecule has 5 aromatic carbocycles. The molecule has 0 unspecified atom stereocenters. The number of hydrogen-bond acceptors (Lipinski definition) is 0. The van der Waals surface area contributed by atoms with Crippen LogP contribution in [-0.4, -0.2) is 6.94 Å². The summed E-state index contributed by atoms with van der Waals surface area (Å²) in [6, 6.07) is 42.5. The molecule has 2 aliphatic carbocycles. The second-order valence-electron chi connectivity index (χ2n) is 11.5. The van der Waals surface area contributed by atoms with E-state index in [2.05, 4.69) is 151 Å². The van der Waals surface area contributed by atoms with E-state index in [1.807, 2.05) is 0 Å². The summed E-state index contributed by atoms with van der Waals surface area (Å²) in [5.74, 6) is 0. The van der Waals surface area contributed by atoms with Crippen molar-refractivity contribution in [2.24, 2.45) is 0 Å². The zero-order chi connectivity index (χ0) is 26.5. The third-order valence-electron chi connectivity index (χ3n) is 9.24. The second kappa shape index (κ2) is 11.5. The molecule has 204 valence electrons. The van der Waals surface area contributed by atoms with Crippen molar-refractivity contribution in [3.05, 3.63) is 157 Å². The first-order chi connectivity index (χ1) is 19.0. The molecule has 0 N–H and O–H groups in total. The third-order valence-corrected chi connectivity index (χ3v) is 41.8. The van der Waals surface area contributed by atoms with Gasteiger partial charge in [-0.15, -0.1) is 24.8 Å². The summed E-state index contributed by atoms with van der Waals surface area (Å²) in [5.41, 5.74) is 5.48. The Balaban J connectivity index is 0.00000169. The minimum atomic E-state index is -3.95. The van der Waals surface area contributed by atoms with Crippen molar-refractivity contribution in [2.75, 3.05) is 0 Å². The van der Waals surface area contributed by atoms with Crippen LogP contribution < -0.4 is 3.32 Å². The third kappa shape index (κ3) is 4.89. The maximum absolute atomic E-state index is 3.95. The maximum atomic E-state index is 2.68. The van der Waals surface area contributed by atoms with E-state index in [1.165, 1.54) is 43.8 Å². The molecule has 5 aromatic rings. The van der Waals surface area contributed by atoms with Gasteiger partial charge in [0.15, 0.2) is 0 Å². The monoisotopic (exact) mass is 756 g/mol. The van der Waals surface area contributed by atoms with Crippen LogP contribution in [0.1, 0.15) is 24.0 Å². The fourth-order valence-electron chi connectivity index (χ4n) is 6.79. The predicted molar refractivity (Wildman–Crippen MR) is 184 cm³/mol. The molecule has 0 fully saturated rings. The zero-order valence-electron chi connectivity index (χ0n) is 23.2. The molecule has 4 heteroatoms. The molecule has 0 saturated carbocycles. The molecule has 0 aromatic heterocycles. The van der Waals surface area contributed by atoms with Crippen LogP contribution >= 0.6 is 24.8 Å². The first-order valence-electron chi connectivity index (χ1n) is 13.9. The van der Waals surface area contributed by atoms with Crippen LogP contribution in [0.2, 0.25) is 4.68 Å². The van der Waals surface area contributed by atoms with E-state index >= 15 is 0 Å². The van der Waals surface area contributed by atoms with Crippen LogP contribution in [0.15, 0.2) is 146 Å². The normalized spacial score (nSPS) is 15.0. The summed E-state index contributed by atoms with van der Waals surface area (Å²) in [7, 11) is 0. The molecule has 0 radical (unpaired) electrons. The van der Waals surface area contributed by atoms with Crippen LogP contribution in [0.5, 0.6) is 0 Å². The van der Waals surface area contributed by atoms with Crippen LogP contribution in [0.25, 0.3) is 32.7 Å². The van der Waals surface area contributed by atoms with E-state index < -0.39 is 17.1 Å². The van der Waals surface area contributed by atoms with Gasteiger partial charge in [0.05, 0.1) is 0 Å². The first kappa shape index (κ1) is 29.7. The predicted octanol–water partition coefficient (Wildman–Crippen LogP) is 9.49. The average molecular weight is 756 g/mol. The molecule has 0 spiro atoms. The number of fused-ring (bicyclic) bond motifs is 2. The SMILES string of the molecule is Cl.Cl.[CH3][Hf](=[SiH2])([C]1=CC(c2cccc3ccccc23)=CC1)([C]1=CC(c2cccc3ccccc23)=CC1)[c]1ccccc1. The van der Waals surface area contributed by atoms with Crippen molar-refractivity contribution < 1.29 is 17.1 Å². The van der Waals surface area contributed by atoms with Gasteiger partial charge in [-0.25, -0.2) is 0 Å². The van der Waals surface area contributed by atoms with Crippen LogP contribution in [0.4, 0.5) is 0 Å². The van der Waals surface area contributed by atoms with Gasteiger partial charge in [-0.1, -0.05) is 0 Å². The molecular weight excluding hydrogens is 722 g/mol. The van der Waals surface area contributed by atoms with E-state index in [1.54, 1.807) is 9.98 Å². The standard InChI is InChI=1S/2C15H11.C6H5.CH3.2ClH.Hf.H2Si/c2*1-2-7-12(6-1)15-11-5-9-13-8-3-4-10-14(13)15;1-2-4-6-5-3-1;;;;;/h2*3-11H,1H2;1-5H;1H3;2*1H;;1H2. The number of halogens is 2. The molecule has 0 aliphatic heterocycles. The second-order valence-corrected chi connectivity index (χ2v) is 47.1. The fraction of sp³-hybridized carbons (Fsp3) is 0.0811. The zero-order valence-corrected chi connectivity index (χ0v) is 29.9.